The minimum atomic E-state index is -0.435. The van der Waals surface area contributed by atoms with Gasteiger partial charge in [0, 0.05) is 5.75 Å². The number of imidazole rings is 1. The number of H-pyrrole nitrogens is 1. The fourth-order valence-electron chi connectivity index (χ4n) is 2.25. The van der Waals surface area contributed by atoms with Crippen molar-refractivity contribution in [2.24, 2.45) is 0 Å². The highest BCUT2D eigenvalue weighted by Crippen LogP contribution is 2.39. The molecule has 2 aromatic heterocycles. The summed E-state index contributed by atoms with van der Waals surface area (Å²) in [7, 11) is -0.435. The topological polar surface area (TPSA) is 72.9 Å². The summed E-state index contributed by atoms with van der Waals surface area (Å²) in [5, 5.41) is 0. The van der Waals surface area contributed by atoms with Gasteiger partial charge in [0.05, 0.1) is 23.2 Å². The van der Waals surface area contributed by atoms with Gasteiger partial charge in [0.2, 0.25) is 0 Å². The van der Waals surface area contributed by atoms with Gasteiger partial charge >= 0.3 is 7.12 Å². The maximum Gasteiger partial charge on any atom is 0.491 e. The van der Waals surface area contributed by atoms with Crippen LogP contribution in [0, 0.1) is 0 Å². The summed E-state index contributed by atoms with van der Waals surface area (Å²) in [6.45, 7) is 8.11. The molecule has 22 heavy (non-hydrogen) atoms. The monoisotopic (exact) mass is 318 g/mol. The lowest BCUT2D eigenvalue weighted by atomic mass is 9.78. The van der Waals surface area contributed by atoms with Gasteiger partial charge in [0.15, 0.2) is 5.65 Å². The Morgan fingerprint density at radius 1 is 1.23 bits per heavy atom. The minimum Gasteiger partial charge on any atom is -0.400 e. The standard InChI is InChI=1S/C14H19BN4O2S/c1-13(2)14(3,4)21-15(20-13)9(6-22)5-10-11-12(18-7-16-10)19-8-17-11/h5,7-8,22H,6H2,1-4H3,(H,16,17,18,19). The molecular weight excluding hydrogens is 299 g/mol. The fraction of sp³-hybridized carbons (Fsp3) is 0.500. The molecule has 8 heteroatoms. The summed E-state index contributed by atoms with van der Waals surface area (Å²) in [4.78, 5) is 15.6. The van der Waals surface area contributed by atoms with Crippen LogP contribution in [-0.4, -0.2) is 44.0 Å². The highest BCUT2D eigenvalue weighted by molar-refractivity contribution is 7.80. The second-order valence-corrected chi connectivity index (χ2v) is 6.64. The van der Waals surface area contributed by atoms with Gasteiger partial charge in [-0.2, -0.15) is 12.6 Å². The van der Waals surface area contributed by atoms with Crippen molar-refractivity contribution in [2.45, 2.75) is 38.9 Å². The Kier molecular flexibility index (Phi) is 3.78. The summed E-state index contributed by atoms with van der Waals surface area (Å²) in [5.74, 6) is 0.510. The molecule has 1 fully saturated rings. The SMILES string of the molecule is CC1(C)OB(C(=Cc2ncnc3nc[nH]c23)CS)OC1(C)C. The molecule has 3 heterocycles. The number of thiol groups is 1. The number of nitrogens with zero attached hydrogens (tertiary/aromatic N) is 3. The van der Waals surface area contributed by atoms with Gasteiger partial charge in [0.25, 0.3) is 0 Å². The van der Waals surface area contributed by atoms with E-state index in [2.05, 4.69) is 32.6 Å². The maximum absolute atomic E-state index is 6.07. The summed E-state index contributed by atoms with van der Waals surface area (Å²) >= 11 is 4.42. The first kappa shape index (κ1) is 15.5. The third-order valence-electron chi connectivity index (χ3n) is 4.31. The lowest BCUT2D eigenvalue weighted by Crippen LogP contribution is -2.41. The van der Waals surface area contributed by atoms with Crippen molar-refractivity contribution >= 4 is 37.0 Å². The number of rotatable bonds is 3. The number of fused-ring (bicyclic) bond motifs is 1. The Bertz CT molecular complexity index is 712. The summed E-state index contributed by atoms with van der Waals surface area (Å²) in [6.07, 6.45) is 5.03. The van der Waals surface area contributed by atoms with Crippen LogP contribution in [0.2, 0.25) is 0 Å². The van der Waals surface area contributed by atoms with Gasteiger partial charge in [-0.15, -0.1) is 0 Å². The molecule has 0 atom stereocenters. The molecule has 116 valence electrons. The second-order valence-electron chi connectivity index (χ2n) is 6.33. The van der Waals surface area contributed by atoms with E-state index in [4.69, 9.17) is 9.31 Å². The number of aromatic nitrogens is 4. The van der Waals surface area contributed by atoms with Crippen LogP contribution in [0.1, 0.15) is 33.4 Å². The van der Waals surface area contributed by atoms with E-state index in [1.54, 1.807) is 6.33 Å². The zero-order valence-electron chi connectivity index (χ0n) is 13.1. The molecule has 1 aliphatic rings. The van der Waals surface area contributed by atoms with Crippen molar-refractivity contribution in [3.8, 4) is 0 Å². The highest BCUT2D eigenvalue weighted by atomic mass is 32.1. The lowest BCUT2D eigenvalue weighted by Gasteiger charge is -2.32. The second kappa shape index (κ2) is 5.36. The predicted octanol–water partition coefficient (Wildman–Crippen LogP) is 2.30. The Hall–Kier alpha value is -1.38. The fourth-order valence-corrected chi connectivity index (χ4v) is 2.49. The van der Waals surface area contributed by atoms with E-state index in [0.717, 1.165) is 16.7 Å². The van der Waals surface area contributed by atoms with Crippen LogP contribution in [-0.2, 0) is 9.31 Å². The Labute approximate surface area is 135 Å². The van der Waals surface area contributed by atoms with E-state index in [1.807, 2.05) is 33.8 Å². The first-order valence-corrected chi connectivity index (χ1v) is 7.78. The van der Waals surface area contributed by atoms with Crippen LogP contribution >= 0.6 is 12.6 Å². The third-order valence-corrected chi connectivity index (χ3v) is 4.68. The lowest BCUT2D eigenvalue weighted by molar-refractivity contribution is 0.00578. The third kappa shape index (κ3) is 2.55. The van der Waals surface area contributed by atoms with Crippen molar-refractivity contribution in [3.05, 3.63) is 23.8 Å². The van der Waals surface area contributed by atoms with E-state index in [9.17, 15) is 0 Å². The first-order chi connectivity index (χ1) is 10.3. The quantitative estimate of drug-likeness (QED) is 0.671. The van der Waals surface area contributed by atoms with Crippen molar-refractivity contribution in [1.82, 2.24) is 19.9 Å². The molecule has 0 spiro atoms. The van der Waals surface area contributed by atoms with Crippen LogP contribution < -0.4 is 0 Å². The molecule has 0 saturated carbocycles. The van der Waals surface area contributed by atoms with Crippen LogP contribution in [0.3, 0.4) is 0 Å². The van der Waals surface area contributed by atoms with E-state index in [1.165, 1.54) is 6.33 Å². The van der Waals surface area contributed by atoms with Crippen LogP contribution in [0.5, 0.6) is 0 Å². The largest absolute Gasteiger partial charge is 0.491 e. The smallest absolute Gasteiger partial charge is 0.400 e. The number of aromatic amines is 1. The molecule has 0 bridgehead atoms. The number of hydrogen-bond acceptors (Lipinski definition) is 6. The number of nitrogens with one attached hydrogen (secondary N) is 1. The number of hydrogen-bond donors (Lipinski definition) is 2. The molecule has 1 N–H and O–H groups in total. The predicted molar refractivity (Wildman–Crippen MR) is 89.6 cm³/mol. The van der Waals surface area contributed by atoms with Gasteiger partial charge in [-0.25, -0.2) is 15.0 Å². The maximum atomic E-state index is 6.07. The van der Waals surface area contributed by atoms with Crippen LogP contribution in [0.25, 0.3) is 17.2 Å². The molecule has 0 amide bonds. The molecule has 6 nitrogen and oxygen atoms in total. The van der Waals surface area contributed by atoms with E-state index >= 15 is 0 Å². The molecular formula is C14H19BN4O2S. The normalized spacial score (nSPS) is 20.8. The molecule has 0 aliphatic carbocycles. The van der Waals surface area contributed by atoms with Gasteiger partial charge in [-0.3, -0.25) is 0 Å². The molecule has 0 radical (unpaired) electrons. The van der Waals surface area contributed by atoms with Gasteiger partial charge in [0.1, 0.15) is 11.8 Å². The molecule has 1 saturated heterocycles. The summed E-state index contributed by atoms with van der Waals surface area (Å²) in [6, 6.07) is 0. The van der Waals surface area contributed by atoms with E-state index in [-0.39, 0.29) is 11.2 Å². The van der Waals surface area contributed by atoms with Gasteiger partial charge in [-0.05, 0) is 39.2 Å². The summed E-state index contributed by atoms with van der Waals surface area (Å²) in [5.41, 5.74) is 2.33. The van der Waals surface area contributed by atoms with Crippen molar-refractivity contribution in [1.29, 1.82) is 0 Å². The van der Waals surface area contributed by atoms with Crippen molar-refractivity contribution in [2.75, 3.05) is 5.75 Å². The Balaban J connectivity index is 1.97. The van der Waals surface area contributed by atoms with E-state index < -0.39 is 7.12 Å². The van der Waals surface area contributed by atoms with Crippen molar-refractivity contribution in [3.63, 3.8) is 0 Å². The zero-order valence-corrected chi connectivity index (χ0v) is 14.0. The minimum absolute atomic E-state index is 0.380. The zero-order chi connectivity index (χ0) is 16.0. The van der Waals surface area contributed by atoms with E-state index in [0.29, 0.717) is 11.4 Å². The van der Waals surface area contributed by atoms with Crippen molar-refractivity contribution < 1.29 is 9.31 Å². The van der Waals surface area contributed by atoms with Gasteiger partial charge in [-0.1, -0.05) is 0 Å². The molecule has 3 rings (SSSR count). The highest BCUT2D eigenvalue weighted by Gasteiger charge is 2.52. The molecule has 0 aromatic carbocycles. The molecule has 0 unspecified atom stereocenters. The van der Waals surface area contributed by atoms with Crippen LogP contribution in [0.4, 0.5) is 0 Å². The molecule has 1 aliphatic heterocycles. The average Bonchev–Trinajstić information content (AvgIpc) is 2.99. The Morgan fingerprint density at radius 2 is 1.91 bits per heavy atom. The average molecular weight is 318 g/mol. The molecule has 2 aromatic rings. The van der Waals surface area contributed by atoms with Crippen LogP contribution in [0.15, 0.2) is 18.1 Å². The van der Waals surface area contributed by atoms with Gasteiger partial charge < -0.3 is 14.3 Å². The summed E-state index contributed by atoms with van der Waals surface area (Å²) < 4.78 is 12.1. The Morgan fingerprint density at radius 3 is 2.55 bits per heavy atom. The first-order valence-electron chi connectivity index (χ1n) is 7.15.